The summed E-state index contributed by atoms with van der Waals surface area (Å²) in [5.41, 5.74) is -1.65. The molecule has 1 heterocycles. The molecule has 1 aliphatic heterocycles. The van der Waals surface area contributed by atoms with Gasteiger partial charge in [-0.25, -0.2) is 4.79 Å². The lowest BCUT2D eigenvalue weighted by Gasteiger charge is -2.40. The lowest BCUT2D eigenvalue weighted by molar-refractivity contribution is -0.153. The van der Waals surface area contributed by atoms with E-state index in [2.05, 4.69) is 0 Å². The molecule has 1 atom stereocenters. The summed E-state index contributed by atoms with van der Waals surface area (Å²) < 4.78 is 17.6. The average Bonchev–Trinajstić information content (AvgIpc) is 2.34. The van der Waals surface area contributed by atoms with Crippen LogP contribution in [0.3, 0.4) is 0 Å². The zero-order chi connectivity index (χ0) is 15.4. The van der Waals surface area contributed by atoms with Crippen LogP contribution < -0.4 is 0 Å². The molecule has 0 aliphatic carbocycles. The van der Waals surface area contributed by atoms with E-state index in [0.29, 0.717) is 19.4 Å². The maximum atomic E-state index is 12.4. The standard InChI is InChI=1S/C14H24FNO4/c1-13(2,3)20-12(19)16-9-5-7-14(10-16,11(17)18)6-4-8-15/h4-10H2,1-3H3,(H,17,18). The molecular formula is C14H24FNO4. The number of amides is 1. The van der Waals surface area contributed by atoms with E-state index in [1.54, 1.807) is 20.8 Å². The maximum absolute atomic E-state index is 12.4. The molecule has 1 N–H and O–H groups in total. The number of aliphatic carboxylic acids is 1. The number of carboxylic acids is 1. The van der Waals surface area contributed by atoms with Crippen LogP contribution in [0.1, 0.15) is 46.5 Å². The monoisotopic (exact) mass is 289 g/mol. The van der Waals surface area contributed by atoms with Gasteiger partial charge in [-0.2, -0.15) is 0 Å². The van der Waals surface area contributed by atoms with Crippen LogP contribution in [-0.4, -0.2) is 47.4 Å². The zero-order valence-electron chi connectivity index (χ0n) is 12.4. The molecule has 1 amide bonds. The van der Waals surface area contributed by atoms with Crippen molar-refractivity contribution in [3.63, 3.8) is 0 Å². The topological polar surface area (TPSA) is 66.8 Å². The van der Waals surface area contributed by atoms with E-state index < -0.39 is 29.8 Å². The molecule has 0 spiro atoms. The van der Waals surface area contributed by atoms with Crippen LogP contribution >= 0.6 is 0 Å². The molecule has 0 aromatic rings. The molecule has 5 nitrogen and oxygen atoms in total. The summed E-state index contributed by atoms with van der Waals surface area (Å²) >= 11 is 0. The fourth-order valence-corrected chi connectivity index (χ4v) is 2.50. The molecule has 0 aromatic heterocycles. The van der Waals surface area contributed by atoms with Crippen LogP contribution in [0.25, 0.3) is 0 Å². The first-order valence-corrected chi connectivity index (χ1v) is 6.97. The Kier molecular flexibility index (Phi) is 5.36. The molecule has 1 fully saturated rings. The number of halogens is 1. The summed E-state index contributed by atoms with van der Waals surface area (Å²) in [6.45, 7) is 5.34. The molecule has 0 aromatic carbocycles. The fraction of sp³-hybridized carbons (Fsp3) is 0.857. The molecule has 1 saturated heterocycles. The van der Waals surface area contributed by atoms with Gasteiger partial charge in [0.1, 0.15) is 5.60 Å². The lowest BCUT2D eigenvalue weighted by atomic mass is 9.76. The summed E-state index contributed by atoms with van der Waals surface area (Å²) in [5.74, 6) is -0.959. The van der Waals surface area contributed by atoms with Gasteiger partial charge in [-0.15, -0.1) is 0 Å². The first-order chi connectivity index (χ1) is 9.20. The summed E-state index contributed by atoms with van der Waals surface area (Å²) in [7, 11) is 0. The van der Waals surface area contributed by atoms with Crippen LogP contribution in [0, 0.1) is 5.41 Å². The molecule has 6 heteroatoms. The number of piperidine rings is 1. The summed E-state index contributed by atoms with van der Waals surface area (Å²) in [5, 5.41) is 9.45. The van der Waals surface area contributed by atoms with Gasteiger partial charge >= 0.3 is 12.1 Å². The minimum Gasteiger partial charge on any atom is -0.481 e. The highest BCUT2D eigenvalue weighted by atomic mass is 19.1. The highest BCUT2D eigenvalue weighted by Crippen LogP contribution is 2.35. The van der Waals surface area contributed by atoms with Crippen molar-refractivity contribution in [2.45, 2.75) is 52.1 Å². The number of hydrogen-bond acceptors (Lipinski definition) is 3. The first kappa shape index (κ1) is 16.7. The quantitative estimate of drug-likeness (QED) is 0.864. The van der Waals surface area contributed by atoms with Gasteiger partial charge in [0, 0.05) is 13.1 Å². The van der Waals surface area contributed by atoms with Crippen molar-refractivity contribution in [2.24, 2.45) is 5.41 Å². The lowest BCUT2D eigenvalue weighted by Crippen LogP contribution is -2.51. The number of likely N-dealkylation sites (tertiary alicyclic amines) is 1. The predicted octanol–water partition coefficient (Wildman–Crippen LogP) is 2.84. The Morgan fingerprint density at radius 1 is 1.40 bits per heavy atom. The Bertz CT molecular complexity index is 367. The van der Waals surface area contributed by atoms with Crippen molar-refractivity contribution in [1.82, 2.24) is 4.90 Å². The number of alkyl halides is 1. The Morgan fingerprint density at radius 2 is 2.05 bits per heavy atom. The third-order valence-corrected chi connectivity index (χ3v) is 3.47. The number of carbonyl (C=O) groups is 2. The van der Waals surface area contributed by atoms with Gasteiger partial charge in [-0.1, -0.05) is 0 Å². The fourth-order valence-electron chi connectivity index (χ4n) is 2.50. The third kappa shape index (κ3) is 4.35. The van der Waals surface area contributed by atoms with Crippen LogP contribution in [0.5, 0.6) is 0 Å². The van der Waals surface area contributed by atoms with Crippen LogP contribution in [-0.2, 0) is 9.53 Å². The number of rotatable bonds is 4. The highest BCUT2D eigenvalue weighted by molar-refractivity contribution is 5.77. The zero-order valence-corrected chi connectivity index (χ0v) is 12.4. The molecular weight excluding hydrogens is 265 g/mol. The van der Waals surface area contributed by atoms with Gasteiger partial charge in [-0.3, -0.25) is 9.18 Å². The average molecular weight is 289 g/mol. The number of hydrogen-bond donors (Lipinski definition) is 1. The third-order valence-electron chi connectivity index (χ3n) is 3.47. The van der Waals surface area contributed by atoms with E-state index in [1.165, 1.54) is 4.90 Å². The number of ether oxygens (including phenoxy) is 1. The van der Waals surface area contributed by atoms with Crippen molar-refractivity contribution >= 4 is 12.1 Å². The molecule has 1 aliphatic rings. The molecule has 0 bridgehead atoms. The molecule has 1 unspecified atom stereocenters. The van der Waals surface area contributed by atoms with Crippen molar-refractivity contribution in [3.8, 4) is 0 Å². The molecule has 0 radical (unpaired) electrons. The SMILES string of the molecule is CC(C)(C)OC(=O)N1CCCC(CCCF)(C(=O)O)C1. The van der Waals surface area contributed by atoms with Crippen molar-refractivity contribution in [2.75, 3.05) is 19.8 Å². The summed E-state index contributed by atoms with van der Waals surface area (Å²) in [4.78, 5) is 25.0. The Hall–Kier alpha value is -1.33. The van der Waals surface area contributed by atoms with Gasteiger partial charge in [0.25, 0.3) is 0 Å². The van der Waals surface area contributed by atoms with E-state index in [0.717, 1.165) is 0 Å². The molecule has 1 rings (SSSR count). The second kappa shape index (κ2) is 6.41. The van der Waals surface area contributed by atoms with Crippen LogP contribution in [0.4, 0.5) is 9.18 Å². The second-order valence-corrected chi connectivity index (χ2v) is 6.38. The van der Waals surface area contributed by atoms with E-state index in [9.17, 15) is 19.1 Å². The summed E-state index contributed by atoms with van der Waals surface area (Å²) in [6, 6.07) is 0. The normalized spacial score (nSPS) is 23.5. The maximum Gasteiger partial charge on any atom is 0.410 e. The molecule has 20 heavy (non-hydrogen) atoms. The minimum absolute atomic E-state index is 0.0945. The minimum atomic E-state index is -1.04. The molecule has 0 saturated carbocycles. The first-order valence-electron chi connectivity index (χ1n) is 6.97. The van der Waals surface area contributed by atoms with Gasteiger partial charge in [0.15, 0.2) is 0 Å². The highest BCUT2D eigenvalue weighted by Gasteiger charge is 2.43. The summed E-state index contributed by atoms with van der Waals surface area (Å²) in [6.07, 6.45) is 1.02. The molecule has 116 valence electrons. The van der Waals surface area contributed by atoms with Crippen molar-refractivity contribution < 1.29 is 23.8 Å². The van der Waals surface area contributed by atoms with Crippen LogP contribution in [0.2, 0.25) is 0 Å². The van der Waals surface area contributed by atoms with Gasteiger partial charge in [0.05, 0.1) is 12.1 Å². The predicted molar refractivity (Wildman–Crippen MR) is 72.3 cm³/mol. The van der Waals surface area contributed by atoms with Crippen molar-refractivity contribution in [3.05, 3.63) is 0 Å². The number of carboxylic acid groups (broad SMARTS) is 1. The number of nitrogens with zero attached hydrogens (tertiary/aromatic N) is 1. The van der Waals surface area contributed by atoms with Gasteiger partial charge < -0.3 is 14.7 Å². The van der Waals surface area contributed by atoms with Gasteiger partial charge in [0.2, 0.25) is 0 Å². The smallest absolute Gasteiger partial charge is 0.410 e. The van der Waals surface area contributed by atoms with E-state index in [-0.39, 0.29) is 19.4 Å². The number of carbonyl (C=O) groups excluding carboxylic acids is 1. The van der Waals surface area contributed by atoms with E-state index in [1.807, 2.05) is 0 Å². The van der Waals surface area contributed by atoms with E-state index >= 15 is 0 Å². The Balaban J connectivity index is 2.77. The van der Waals surface area contributed by atoms with Crippen molar-refractivity contribution in [1.29, 1.82) is 0 Å². The Labute approximate surface area is 119 Å². The second-order valence-electron chi connectivity index (χ2n) is 6.38. The van der Waals surface area contributed by atoms with E-state index in [4.69, 9.17) is 4.74 Å². The Morgan fingerprint density at radius 3 is 2.55 bits per heavy atom. The van der Waals surface area contributed by atoms with Gasteiger partial charge in [-0.05, 0) is 46.5 Å². The van der Waals surface area contributed by atoms with Crippen LogP contribution in [0.15, 0.2) is 0 Å². The largest absolute Gasteiger partial charge is 0.481 e.